The Balaban J connectivity index is 1.54. The molecule has 0 aromatic heterocycles. The third-order valence-corrected chi connectivity index (χ3v) is 7.55. The molecule has 1 fully saturated rings. The molecule has 5 rings (SSSR count). The summed E-state index contributed by atoms with van der Waals surface area (Å²) in [5, 5.41) is 7.35. The monoisotopic (exact) mass is 512 g/mol. The van der Waals surface area contributed by atoms with Crippen LogP contribution in [-0.2, 0) is 0 Å². The molecular weight excluding hydrogens is 480 g/mol. The zero-order valence-corrected chi connectivity index (χ0v) is 22.6. The van der Waals surface area contributed by atoms with Gasteiger partial charge < -0.3 is 9.80 Å². The zero-order chi connectivity index (χ0) is 26.1. The molecule has 1 amide bonds. The molecule has 0 spiro atoms. The van der Waals surface area contributed by atoms with Crippen LogP contribution in [0.2, 0.25) is 5.02 Å². The molecule has 2 unspecified atom stereocenters. The molecule has 1 heterocycles. The maximum absolute atomic E-state index is 13.8. The normalized spacial score (nSPS) is 20.0. The van der Waals surface area contributed by atoms with Gasteiger partial charge in [0.25, 0.3) is 5.91 Å². The highest BCUT2D eigenvalue weighted by atomic mass is 35.5. The minimum atomic E-state index is -0.144. The number of nitrogens with zero attached hydrogens (tertiary/aromatic N) is 4. The first-order chi connectivity index (χ1) is 17.8. The quantitative estimate of drug-likeness (QED) is 0.373. The molecule has 0 radical (unpaired) electrons. The van der Waals surface area contributed by atoms with Crippen LogP contribution in [0.25, 0.3) is 6.08 Å². The highest BCUT2D eigenvalue weighted by Crippen LogP contribution is 2.45. The standard InChI is InChI=1S/C31H33ClN4O/c1-34(2)26-16-8-21(9-17-26)20-24-6-5-7-28-29(24)33-36(31(37)23-10-14-25(32)15-11-23)30(28)22-12-18-27(19-13-22)35(3)4/h8-20,28,30H,5-7H2,1-4H3/b24-20+. The Morgan fingerprint density at radius 3 is 2.08 bits per heavy atom. The highest BCUT2D eigenvalue weighted by Gasteiger charge is 2.43. The van der Waals surface area contributed by atoms with E-state index in [1.165, 1.54) is 11.3 Å². The topological polar surface area (TPSA) is 39.1 Å². The van der Waals surface area contributed by atoms with Crippen LogP contribution in [0.3, 0.4) is 0 Å². The Morgan fingerprint density at radius 1 is 0.892 bits per heavy atom. The minimum absolute atomic E-state index is 0.102. The number of anilines is 2. The van der Waals surface area contributed by atoms with Crippen LogP contribution in [0.5, 0.6) is 0 Å². The molecule has 37 heavy (non-hydrogen) atoms. The highest BCUT2D eigenvalue weighted by molar-refractivity contribution is 6.30. The lowest BCUT2D eigenvalue weighted by Crippen LogP contribution is -2.32. The van der Waals surface area contributed by atoms with Gasteiger partial charge in [-0.3, -0.25) is 4.79 Å². The average molecular weight is 513 g/mol. The summed E-state index contributed by atoms with van der Waals surface area (Å²) in [7, 11) is 8.16. The minimum Gasteiger partial charge on any atom is -0.378 e. The summed E-state index contributed by atoms with van der Waals surface area (Å²) in [6, 6.07) is 24.0. The first kappa shape index (κ1) is 25.1. The van der Waals surface area contributed by atoms with Crippen molar-refractivity contribution in [1.82, 2.24) is 5.01 Å². The Hall–Kier alpha value is -3.57. The number of hydrogen-bond acceptors (Lipinski definition) is 4. The second kappa shape index (κ2) is 10.4. The Morgan fingerprint density at radius 2 is 1.49 bits per heavy atom. The summed E-state index contributed by atoms with van der Waals surface area (Å²) < 4.78 is 0. The van der Waals surface area contributed by atoms with Crippen molar-refractivity contribution in [2.45, 2.75) is 25.3 Å². The van der Waals surface area contributed by atoms with Gasteiger partial charge in [-0.15, -0.1) is 0 Å². The van der Waals surface area contributed by atoms with Gasteiger partial charge in [0.1, 0.15) is 0 Å². The second-order valence-corrected chi connectivity index (χ2v) is 10.7. The van der Waals surface area contributed by atoms with E-state index < -0.39 is 0 Å². The molecule has 2 atom stereocenters. The van der Waals surface area contributed by atoms with Gasteiger partial charge in [-0.1, -0.05) is 35.9 Å². The molecule has 1 aliphatic carbocycles. The van der Waals surface area contributed by atoms with Crippen LogP contribution in [0.15, 0.2) is 83.5 Å². The van der Waals surface area contributed by atoms with Crippen molar-refractivity contribution in [2.24, 2.45) is 11.0 Å². The van der Waals surface area contributed by atoms with Gasteiger partial charge in [0, 0.05) is 56.1 Å². The number of benzene rings is 3. The van der Waals surface area contributed by atoms with Crippen LogP contribution < -0.4 is 9.80 Å². The van der Waals surface area contributed by atoms with Crippen LogP contribution in [0.4, 0.5) is 11.4 Å². The number of halogens is 1. The van der Waals surface area contributed by atoms with E-state index in [9.17, 15) is 4.79 Å². The Labute approximate surface area is 224 Å². The molecule has 5 nitrogen and oxygen atoms in total. The largest absolute Gasteiger partial charge is 0.378 e. The molecule has 0 saturated heterocycles. The number of hydrazone groups is 1. The third-order valence-electron chi connectivity index (χ3n) is 7.30. The fraction of sp³-hybridized carbons (Fsp3) is 0.290. The van der Waals surface area contributed by atoms with Gasteiger partial charge in [-0.2, -0.15) is 5.10 Å². The number of fused-ring (bicyclic) bond motifs is 1. The molecular formula is C31H33ClN4O. The number of hydrogen-bond donors (Lipinski definition) is 0. The first-order valence-corrected chi connectivity index (χ1v) is 13.1. The maximum Gasteiger partial charge on any atom is 0.274 e. The fourth-order valence-corrected chi connectivity index (χ4v) is 5.39. The van der Waals surface area contributed by atoms with Crippen molar-refractivity contribution >= 4 is 40.7 Å². The summed E-state index contributed by atoms with van der Waals surface area (Å²) in [4.78, 5) is 18.0. The van der Waals surface area contributed by atoms with Crippen molar-refractivity contribution in [3.8, 4) is 0 Å². The lowest BCUT2D eigenvalue weighted by molar-refractivity contribution is 0.0681. The summed E-state index contributed by atoms with van der Waals surface area (Å²) in [6.45, 7) is 0. The summed E-state index contributed by atoms with van der Waals surface area (Å²) in [5.74, 6) is 0.0532. The van der Waals surface area contributed by atoms with Gasteiger partial charge in [0.2, 0.25) is 0 Å². The van der Waals surface area contributed by atoms with E-state index >= 15 is 0 Å². The van der Waals surface area contributed by atoms with E-state index in [1.807, 2.05) is 28.2 Å². The molecule has 0 bridgehead atoms. The Bertz CT molecular complexity index is 1330. The number of rotatable bonds is 5. The lowest BCUT2D eigenvalue weighted by atomic mass is 9.77. The smallest absolute Gasteiger partial charge is 0.274 e. The molecule has 0 N–H and O–H groups in total. The van der Waals surface area contributed by atoms with E-state index in [0.717, 1.165) is 41.8 Å². The van der Waals surface area contributed by atoms with Crippen molar-refractivity contribution in [1.29, 1.82) is 0 Å². The van der Waals surface area contributed by atoms with Crippen LogP contribution in [0, 0.1) is 5.92 Å². The predicted molar refractivity (Wildman–Crippen MR) is 155 cm³/mol. The predicted octanol–water partition coefficient (Wildman–Crippen LogP) is 6.91. The van der Waals surface area contributed by atoms with E-state index in [4.69, 9.17) is 16.7 Å². The number of allylic oxidation sites excluding steroid dienone is 1. The summed E-state index contributed by atoms with van der Waals surface area (Å²) in [6.07, 6.45) is 5.27. The van der Waals surface area contributed by atoms with Crippen molar-refractivity contribution in [3.05, 3.63) is 100 Å². The van der Waals surface area contributed by atoms with Crippen LogP contribution in [-0.4, -0.2) is 44.8 Å². The number of amides is 1. The van der Waals surface area contributed by atoms with E-state index in [-0.39, 0.29) is 17.9 Å². The average Bonchev–Trinajstić information content (AvgIpc) is 3.30. The maximum atomic E-state index is 13.8. The molecule has 6 heteroatoms. The van der Waals surface area contributed by atoms with Gasteiger partial charge >= 0.3 is 0 Å². The lowest BCUT2D eigenvalue weighted by Gasteiger charge is -2.30. The van der Waals surface area contributed by atoms with Gasteiger partial charge in [0.15, 0.2) is 0 Å². The molecule has 3 aromatic carbocycles. The van der Waals surface area contributed by atoms with Gasteiger partial charge in [-0.05, 0) is 90.6 Å². The molecule has 2 aliphatic rings. The second-order valence-electron chi connectivity index (χ2n) is 10.2. The molecule has 3 aromatic rings. The van der Waals surface area contributed by atoms with Crippen molar-refractivity contribution in [3.63, 3.8) is 0 Å². The van der Waals surface area contributed by atoms with Crippen molar-refractivity contribution < 1.29 is 4.79 Å². The first-order valence-electron chi connectivity index (χ1n) is 12.7. The third kappa shape index (κ3) is 5.14. The van der Waals surface area contributed by atoms with E-state index in [0.29, 0.717) is 10.6 Å². The van der Waals surface area contributed by atoms with Gasteiger partial charge in [-0.25, -0.2) is 5.01 Å². The molecule has 190 valence electrons. The van der Waals surface area contributed by atoms with Crippen molar-refractivity contribution in [2.75, 3.05) is 38.0 Å². The van der Waals surface area contributed by atoms with Crippen LogP contribution in [0.1, 0.15) is 46.8 Å². The SMILES string of the molecule is CN(C)c1ccc(/C=C2\CCCC3C2=NN(C(=O)c2ccc(Cl)cc2)C3c2ccc(N(C)C)cc2)cc1. The van der Waals surface area contributed by atoms with Gasteiger partial charge in [0.05, 0.1) is 11.8 Å². The van der Waals surface area contributed by atoms with E-state index in [1.54, 1.807) is 29.3 Å². The van der Waals surface area contributed by atoms with E-state index in [2.05, 4.69) is 64.4 Å². The molecule has 1 saturated carbocycles. The van der Waals surface area contributed by atoms with Crippen LogP contribution >= 0.6 is 11.6 Å². The molecule has 1 aliphatic heterocycles. The Kier molecular flexibility index (Phi) is 7.07. The number of carbonyl (C=O) groups is 1. The summed E-state index contributed by atoms with van der Waals surface area (Å²) >= 11 is 6.10. The number of carbonyl (C=O) groups excluding carboxylic acids is 1. The zero-order valence-electron chi connectivity index (χ0n) is 21.9. The fourth-order valence-electron chi connectivity index (χ4n) is 5.27. The summed E-state index contributed by atoms with van der Waals surface area (Å²) in [5.41, 5.74) is 7.40.